The van der Waals surface area contributed by atoms with Crippen LogP contribution >= 0.6 is 0 Å². The molecule has 0 fully saturated rings. The number of hydrogen-bond donors (Lipinski definition) is 1. The zero-order valence-electron chi connectivity index (χ0n) is 18.9. The van der Waals surface area contributed by atoms with Gasteiger partial charge in [-0.25, -0.2) is 28.1 Å². The van der Waals surface area contributed by atoms with Gasteiger partial charge in [0.25, 0.3) is 0 Å². The summed E-state index contributed by atoms with van der Waals surface area (Å²) in [5, 5.41) is 29.7. The quantitative estimate of drug-likeness (QED) is 0.455. The van der Waals surface area contributed by atoms with Crippen LogP contribution in [0.5, 0.6) is 0 Å². The van der Waals surface area contributed by atoms with Crippen LogP contribution < -0.4 is 0 Å². The van der Waals surface area contributed by atoms with Crippen LogP contribution in [0.15, 0.2) is 55.1 Å². The summed E-state index contributed by atoms with van der Waals surface area (Å²) >= 11 is 0. The van der Waals surface area contributed by atoms with Crippen LogP contribution in [-0.2, 0) is 25.2 Å². The van der Waals surface area contributed by atoms with E-state index in [9.17, 15) is 19.1 Å². The fourth-order valence-electron chi connectivity index (χ4n) is 4.48. The van der Waals surface area contributed by atoms with E-state index < -0.39 is 23.3 Å². The van der Waals surface area contributed by atoms with Gasteiger partial charge in [0.2, 0.25) is 0 Å². The van der Waals surface area contributed by atoms with Gasteiger partial charge >= 0.3 is 0 Å². The van der Waals surface area contributed by atoms with Gasteiger partial charge in [-0.3, -0.25) is 4.90 Å². The minimum Gasteiger partial charge on any atom is -0.381 e. The Morgan fingerprint density at radius 3 is 2.80 bits per heavy atom. The van der Waals surface area contributed by atoms with Crippen LogP contribution in [0.25, 0.3) is 11.4 Å². The molecule has 1 aliphatic rings. The molecule has 0 amide bonds. The number of nitriles is 1. The van der Waals surface area contributed by atoms with Crippen molar-refractivity contribution in [3.05, 3.63) is 83.7 Å². The van der Waals surface area contributed by atoms with E-state index in [0.717, 1.165) is 17.7 Å². The highest BCUT2D eigenvalue weighted by atomic mass is 19.1. The highest BCUT2D eigenvalue weighted by molar-refractivity contribution is 5.57. The average molecular weight is 476 g/mol. The van der Waals surface area contributed by atoms with Gasteiger partial charge in [-0.1, -0.05) is 18.2 Å². The maximum absolute atomic E-state index is 14.9. The van der Waals surface area contributed by atoms with Gasteiger partial charge in [0, 0.05) is 29.8 Å². The third-order valence-electron chi connectivity index (χ3n) is 6.45. The van der Waals surface area contributed by atoms with E-state index in [1.165, 1.54) is 23.4 Å². The lowest BCUT2D eigenvalue weighted by Gasteiger charge is -2.42. The highest BCUT2D eigenvalue weighted by Crippen LogP contribution is 2.34. The van der Waals surface area contributed by atoms with E-state index in [2.05, 4.69) is 26.2 Å². The third kappa shape index (κ3) is 4.29. The third-order valence-corrected chi connectivity index (χ3v) is 6.45. The van der Waals surface area contributed by atoms with Crippen LogP contribution in [0, 0.1) is 23.0 Å². The van der Waals surface area contributed by atoms with Crippen molar-refractivity contribution in [2.24, 2.45) is 0 Å². The van der Waals surface area contributed by atoms with E-state index in [0.29, 0.717) is 36.8 Å². The van der Waals surface area contributed by atoms with Crippen molar-refractivity contribution in [3.63, 3.8) is 0 Å². The molecular formula is C24H22F2N8O. The number of halogens is 2. The number of aliphatic hydroxyl groups is 1. The second-order valence-electron chi connectivity index (χ2n) is 8.56. The molecular weight excluding hydrogens is 454 g/mol. The molecule has 2 aromatic heterocycles. The number of fused-ring (bicyclic) bond motifs is 1. The van der Waals surface area contributed by atoms with E-state index in [1.54, 1.807) is 29.8 Å². The zero-order chi connectivity index (χ0) is 24.6. The molecule has 0 bridgehead atoms. The molecule has 178 valence electrons. The monoisotopic (exact) mass is 476 g/mol. The zero-order valence-corrected chi connectivity index (χ0v) is 18.9. The summed E-state index contributed by atoms with van der Waals surface area (Å²) < 4.78 is 31.7. The van der Waals surface area contributed by atoms with Gasteiger partial charge in [0.1, 0.15) is 35.7 Å². The van der Waals surface area contributed by atoms with Gasteiger partial charge in [0.15, 0.2) is 5.82 Å². The fourth-order valence-corrected chi connectivity index (χ4v) is 4.48. The molecule has 1 N–H and O–H groups in total. The number of aromatic nitrogens is 6. The Bertz CT molecular complexity index is 1400. The molecule has 2 atom stereocenters. The Morgan fingerprint density at radius 2 is 2.06 bits per heavy atom. The van der Waals surface area contributed by atoms with Crippen LogP contribution in [0.4, 0.5) is 8.78 Å². The summed E-state index contributed by atoms with van der Waals surface area (Å²) in [6.07, 6.45) is 2.77. The first-order valence-corrected chi connectivity index (χ1v) is 11.1. The molecule has 3 heterocycles. The Labute approximate surface area is 199 Å². The Morgan fingerprint density at radius 1 is 1.20 bits per heavy atom. The smallest absolute Gasteiger partial charge is 0.181 e. The molecule has 35 heavy (non-hydrogen) atoms. The largest absolute Gasteiger partial charge is 0.381 e. The van der Waals surface area contributed by atoms with Crippen molar-refractivity contribution >= 4 is 0 Å². The SMILES string of the molecule is CC(N1CCn2nc(-c3cccc(C#N)c3)nc2C1)C(O)(Cn1cncn1)c1ccc(F)cc1F. The molecule has 0 saturated heterocycles. The van der Waals surface area contributed by atoms with E-state index in [1.807, 2.05) is 11.0 Å². The minimum atomic E-state index is -1.74. The lowest BCUT2D eigenvalue weighted by molar-refractivity contribution is -0.0714. The molecule has 9 nitrogen and oxygen atoms in total. The van der Waals surface area contributed by atoms with Crippen LogP contribution in [0.3, 0.4) is 0 Å². The predicted octanol–water partition coefficient (Wildman–Crippen LogP) is 2.48. The lowest BCUT2D eigenvalue weighted by atomic mass is 9.85. The molecule has 0 radical (unpaired) electrons. The van der Waals surface area contributed by atoms with Gasteiger partial charge < -0.3 is 5.11 Å². The van der Waals surface area contributed by atoms with E-state index in [4.69, 9.17) is 0 Å². The molecule has 11 heteroatoms. The first kappa shape index (κ1) is 22.8. The molecule has 2 unspecified atom stereocenters. The maximum atomic E-state index is 14.9. The van der Waals surface area contributed by atoms with Crippen molar-refractivity contribution in [3.8, 4) is 17.5 Å². The first-order valence-electron chi connectivity index (χ1n) is 11.1. The number of hydrogen-bond acceptors (Lipinski definition) is 7. The summed E-state index contributed by atoms with van der Waals surface area (Å²) in [6, 6.07) is 11.8. The Hall–Kier alpha value is -4.01. The fraction of sp³-hybridized carbons (Fsp3) is 0.292. The van der Waals surface area contributed by atoms with Crippen molar-refractivity contribution < 1.29 is 13.9 Å². The van der Waals surface area contributed by atoms with E-state index in [-0.39, 0.29) is 12.1 Å². The summed E-state index contributed by atoms with van der Waals surface area (Å²) in [5.74, 6) is -0.363. The number of benzene rings is 2. The highest BCUT2D eigenvalue weighted by Gasteiger charge is 2.43. The number of nitrogens with zero attached hydrogens (tertiary/aromatic N) is 8. The summed E-state index contributed by atoms with van der Waals surface area (Å²) in [5.41, 5.74) is -0.507. The molecule has 0 spiro atoms. The van der Waals surface area contributed by atoms with Crippen molar-refractivity contribution in [2.45, 2.75) is 38.2 Å². The topological polar surface area (TPSA) is 109 Å². The van der Waals surface area contributed by atoms with Gasteiger partial charge in [-0.2, -0.15) is 15.5 Å². The lowest BCUT2D eigenvalue weighted by Crippen LogP contribution is -2.53. The van der Waals surface area contributed by atoms with Crippen molar-refractivity contribution in [1.82, 2.24) is 34.4 Å². The average Bonchev–Trinajstić information content (AvgIpc) is 3.52. The van der Waals surface area contributed by atoms with Crippen LogP contribution in [0.1, 0.15) is 23.9 Å². The normalized spacial score (nSPS) is 16.3. The van der Waals surface area contributed by atoms with Crippen LogP contribution in [0.2, 0.25) is 0 Å². The first-order chi connectivity index (χ1) is 16.9. The van der Waals surface area contributed by atoms with Crippen LogP contribution in [-0.4, -0.2) is 52.1 Å². The summed E-state index contributed by atoms with van der Waals surface area (Å²) in [7, 11) is 0. The molecule has 5 rings (SSSR count). The Balaban J connectivity index is 1.46. The minimum absolute atomic E-state index is 0.0250. The molecule has 0 aliphatic carbocycles. The molecule has 1 aliphatic heterocycles. The summed E-state index contributed by atoms with van der Waals surface area (Å²) in [6.45, 7) is 3.11. The van der Waals surface area contributed by atoms with Gasteiger partial charge in [0.05, 0.1) is 31.3 Å². The number of rotatable bonds is 6. The standard InChI is InChI=1S/C24H22F2N8O/c1-16(24(35,13-33-15-28-14-29-33)20-6-5-19(25)10-21(20)26)32-7-8-34-22(12-32)30-23(31-34)18-4-2-3-17(9-18)11-27/h2-6,9-10,14-16,35H,7-8,12-13H2,1H3. The molecule has 4 aromatic rings. The van der Waals surface area contributed by atoms with E-state index >= 15 is 0 Å². The second-order valence-corrected chi connectivity index (χ2v) is 8.56. The molecule has 2 aromatic carbocycles. The second kappa shape index (κ2) is 8.98. The van der Waals surface area contributed by atoms with Gasteiger partial charge in [-0.15, -0.1) is 0 Å². The van der Waals surface area contributed by atoms with Gasteiger partial charge in [-0.05, 0) is 25.1 Å². The predicted molar refractivity (Wildman–Crippen MR) is 120 cm³/mol. The Kier molecular flexibility index (Phi) is 5.84. The van der Waals surface area contributed by atoms with Crippen molar-refractivity contribution in [2.75, 3.05) is 6.54 Å². The summed E-state index contributed by atoms with van der Waals surface area (Å²) in [4.78, 5) is 10.6. The maximum Gasteiger partial charge on any atom is 0.181 e. The van der Waals surface area contributed by atoms with Crippen molar-refractivity contribution in [1.29, 1.82) is 5.26 Å². The molecule has 0 saturated carbocycles.